The highest BCUT2D eigenvalue weighted by Gasteiger charge is 2.23. The first-order chi connectivity index (χ1) is 17.1. The van der Waals surface area contributed by atoms with E-state index in [0.717, 1.165) is 33.3 Å². The number of hydrogen-bond donors (Lipinski definition) is 1. The zero-order valence-electron chi connectivity index (χ0n) is 20.2. The number of carbonyl (C=O) groups is 1. The monoisotopic (exact) mass is 474 g/mol. The molecule has 0 aliphatic heterocycles. The van der Waals surface area contributed by atoms with E-state index in [1.807, 2.05) is 43.3 Å². The van der Waals surface area contributed by atoms with Crippen molar-refractivity contribution in [1.82, 2.24) is 9.88 Å². The second kappa shape index (κ2) is 11.7. The lowest BCUT2D eigenvalue weighted by Crippen LogP contribution is -2.28. The van der Waals surface area contributed by atoms with Crippen molar-refractivity contribution in [3.63, 3.8) is 0 Å². The average molecular weight is 475 g/mol. The Kier molecular flexibility index (Phi) is 8.16. The van der Waals surface area contributed by atoms with Gasteiger partial charge in [0.1, 0.15) is 11.6 Å². The first kappa shape index (κ1) is 24.5. The third kappa shape index (κ3) is 6.08. The number of amides is 1. The van der Waals surface area contributed by atoms with Crippen LogP contribution in [0.2, 0.25) is 0 Å². The maximum atomic E-state index is 13.4. The van der Waals surface area contributed by atoms with E-state index in [2.05, 4.69) is 28.2 Å². The summed E-state index contributed by atoms with van der Waals surface area (Å²) in [7, 11) is 1.62. The lowest BCUT2D eigenvalue weighted by molar-refractivity contribution is -0.121. The average Bonchev–Trinajstić information content (AvgIpc) is 3.23. The quantitative estimate of drug-likeness (QED) is 0.292. The first-order valence-corrected chi connectivity index (χ1v) is 11.9. The minimum Gasteiger partial charge on any atom is -0.494 e. The molecule has 0 aliphatic carbocycles. The van der Waals surface area contributed by atoms with E-state index in [1.54, 1.807) is 19.2 Å². The maximum Gasteiger partial charge on any atom is 0.221 e. The summed E-state index contributed by atoms with van der Waals surface area (Å²) < 4.78 is 26.3. The van der Waals surface area contributed by atoms with E-state index in [0.29, 0.717) is 32.7 Å². The van der Waals surface area contributed by atoms with Crippen molar-refractivity contribution in [2.24, 2.45) is 0 Å². The molecule has 1 atom stereocenters. The zero-order valence-corrected chi connectivity index (χ0v) is 20.2. The van der Waals surface area contributed by atoms with Gasteiger partial charge in [-0.3, -0.25) is 4.79 Å². The van der Waals surface area contributed by atoms with E-state index in [9.17, 15) is 9.18 Å². The highest BCUT2D eigenvalue weighted by atomic mass is 19.1. The van der Waals surface area contributed by atoms with Crippen molar-refractivity contribution < 1.29 is 18.7 Å². The van der Waals surface area contributed by atoms with Gasteiger partial charge in [0.05, 0.1) is 13.2 Å². The molecule has 1 heterocycles. The van der Waals surface area contributed by atoms with Gasteiger partial charge in [0, 0.05) is 49.6 Å². The third-order valence-electron chi connectivity index (χ3n) is 6.07. The molecule has 6 heteroatoms. The number of aromatic nitrogens is 1. The van der Waals surface area contributed by atoms with Crippen LogP contribution >= 0.6 is 0 Å². The van der Waals surface area contributed by atoms with Gasteiger partial charge < -0.3 is 19.4 Å². The summed E-state index contributed by atoms with van der Waals surface area (Å²) in [6.45, 7) is 4.10. The number of carbonyl (C=O) groups excluding carboxylic acids is 1. The highest BCUT2D eigenvalue weighted by Crippen LogP contribution is 2.35. The predicted molar refractivity (Wildman–Crippen MR) is 136 cm³/mol. The Bertz CT molecular complexity index is 1250. The molecule has 4 rings (SSSR count). The van der Waals surface area contributed by atoms with Crippen molar-refractivity contribution in [3.8, 4) is 5.75 Å². The summed E-state index contributed by atoms with van der Waals surface area (Å²) in [5, 5.41) is 4.05. The molecule has 0 spiro atoms. The summed E-state index contributed by atoms with van der Waals surface area (Å²) in [6.07, 6.45) is 2.43. The zero-order chi connectivity index (χ0) is 24.6. The maximum absolute atomic E-state index is 13.4. The van der Waals surface area contributed by atoms with Crippen molar-refractivity contribution in [3.05, 3.63) is 102 Å². The number of methoxy groups -OCH3 is 1. The summed E-state index contributed by atoms with van der Waals surface area (Å²) in [5.74, 6) is 0.379. The summed E-state index contributed by atoms with van der Waals surface area (Å²) >= 11 is 0. The predicted octanol–water partition coefficient (Wildman–Crippen LogP) is 5.51. The van der Waals surface area contributed by atoms with Crippen LogP contribution in [0.3, 0.4) is 0 Å². The van der Waals surface area contributed by atoms with Crippen LogP contribution in [0.1, 0.15) is 36.0 Å². The highest BCUT2D eigenvalue weighted by molar-refractivity contribution is 5.86. The molecule has 182 valence electrons. The van der Waals surface area contributed by atoms with E-state index >= 15 is 0 Å². The van der Waals surface area contributed by atoms with Gasteiger partial charge in [0.15, 0.2) is 0 Å². The Labute approximate surface area is 205 Å². The molecule has 1 amide bonds. The molecule has 0 saturated carbocycles. The molecule has 0 fully saturated rings. The minimum atomic E-state index is -0.248. The molecule has 4 aromatic rings. The van der Waals surface area contributed by atoms with Crippen LogP contribution in [0.4, 0.5) is 4.39 Å². The van der Waals surface area contributed by atoms with E-state index < -0.39 is 0 Å². The lowest BCUT2D eigenvalue weighted by Gasteiger charge is -2.18. The van der Waals surface area contributed by atoms with Crippen LogP contribution in [-0.4, -0.2) is 37.3 Å². The van der Waals surface area contributed by atoms with Crippen LogP contribution in [-0.2, 0) is 16.1 Å². The normalized spacial score (nSPS) is 12.0. The van der Waals surface area contributed by atoms with Gasteiger partial charge in [-0.05, 0) is 53.9 Å². The second-order valence-electron chi connectivity index (χ2n) is 8.46. The Hall–Kier alpha value is -3.64. The summed E-state index contributed by atoms with van der Waals surface area (Å²) in [6, 6.07) is 22.7. The van der Waals surface area contributed by atoms with Gasteiger partial charge in [0.2, 0.25) is 5.91 Å². The first-order valence-electron chi connectivity index (χ1n) is 11.9. The smallest absolute Gasteiger partial charge is 0.221 e. The number of para-hydroxylation sites is 1. The second-order valence-corrected chi connectivity index (χ2v) is 8.46. The topological polar surface area (TPSA) is 52.5 Å². The molecule has 0 aliphatic rings. The molecule has 0 bridgehead atoms. The largest absolute Gasteiger partial charge is 0.494 e. The van der Waals surface area contributed by atoms with Gasteiger partial charge in [-0.25, -0.2) is 4.39 Å². The van der Waals surface area contributed by atoms with Crippen LogP contribution in [0.15, 0.2) is 79.0 Å². The van der Waals surface area contributed by atoms with Crippen LogP contribution in [0, 0.1) is 5.82 Å². The molecule has 3 aromatic carbocycles. The number of benzene rings is 3. The lowest BCUT2D eigenvalue weighted by atomic mass is 9.88. The Morgan fingerprint density at radius 3 is 2.49 bits per heavy atom. The Balaban J connectivity index is 1.72. The molecule has 1 N–H and O–H groups in total. The molecular formula is C29H31FN2O3. The van der Waals surface area contributed by atoms with Crippen molar-refractivity contribution in [2.45, 2.75) is 25.8 Å². The SMILES string of the molecule is CCOc1ccc(C(CC(=O)NCCOC)c2cn(Cc3ccc(F)cc3)c3ccccc23)cc1. The van der Waals surface area contributed by atoms with Gasteiger partial charge >= 0.3 is 0 Å². The van der Waals surface area contributed by atoms with Crippen LogP contribution in [0.25, 0.3) is 10.9 Å². The third-order valence-corrected chi connectivity index (χ3v) is 6.07. The van der Waals surface area contributed by atoms with E-state index in [1.165, 1.54) is 12.1 Å². The van der Waals surface area contributed by atoms with Crippen molar-refractivity contribution in [1.29, 1.82) is 0 Å². The number of rotatable bonds is 11. The van der Waals surface area contributed by atoms with Gasteiger partial charge in [-0.15, -0.1) is 0 Å². The number of hydrogen-bond acceptors (Lipinski definition) is 3. The van der Waals surface area contributed by atoms with Gasteiger partial charge in [-0.1, -0.05) is 42.5 Å². The molecule has 35 heavy (non-hydrogen) atoms. The number of ether oxygens (including phenoxy) is 2. The van der Waals surface area contributed by atoms with Gasteiger partial charge in [0.25, 0.3) is 0 Å². The fraction of sp³-hybridized carbons (Fsp3) is 0.276. The Morgan fingerprint density at radius 1 is 1.03 bits per heavy atom. The van der Waals surface area contributed by atoms with Crippen molar-refractivity contribution >= 4 is 16.8 Å². The fourth-order valence-corrected chi connectivity index (χ4v) is 4.39. The van der Waals surface area contributed by atoms with Crippen molar-refractivity contribution in [2.75, 3.05) is 26.9 Å². The molecule has 5 nitrogen and oxygen atoms in total. The summed E-state index contributed by atoms with van der Waals surface area (Å²) in [5.41, 5.74) is 4.20. The molecular weight excluding hydrogens is 443 g/mol. The Morgan fingerprint density at radius 2 is 1.77 bits per heavy atom. The molecule has 0 radical (unpaired) electrons. The number of halogens is 1. The molecule has 1 aromatic heterocycles. The number of nitrogens with zero attached hydrogens (tertiary/aromatic N) is 1. The standard InChI is InChI=1S/C29H31FN2O3/c1-3-35-24-14-10-22(11-15-24)26(18-29(33)31-16-17-34-2)27-20-32(28-7-5-4-6-25(27)28)19-21-8-12-23(30)13-9-21/h4-15,20,26H,3,16-19H2,1-2H3,(H,31,33). The molecule has 1 unspecified atom stereocenters. The number of nitrogens with one attached hydrogen (secondary N) is 1. The van der Waals surface area contributed by atoms with Gasteiger partial charge in [-0.2, -0.15) is 0 Å². The van der Waals surface area contributed by atoms with Crippen LogP contribution < -0.4 is 10.1 Å². The molecule has 0 saturated heterocycles. The minimum absolute atomic E-state index is 0.0312. The van der Waals surface area contributed by atoms with E-state index in [-0.39, 0.29) is 17.6 Å². The summed E-state index contributed by atoms with van der Waals surface area (Å²) in [4.78, 5) is 12.9. The van der Waals surface area contributed by atoms with Crippen LogP contribution in [0.5, 0.6) is 5.75 Å². The number of fused-ring (bicyclic) bond motifs is 1. The fourth-order valence-electron chi connectivity index (χ4n) is 4.39. The van der Waals surface area contributed by atoms with E-state index in [4.69, 9.17) is 9.47 Å².